The summed E-state index contributed by atoms with van der Waals surface area (Å²) in [5.41, 5.74) is 2.17. The smallest absolute Gasteiger partial charge is 0.325 e. The van der Waals surface area contributed by atoms with Gasteiger partial charge in [0, 0.05) is 19.3 Å². The van der Waals surface area contributed by atoms with Crippen molar-refractivity contribution in [3.8, 4) is 0 Å². The Balaban J connectivity index is 2.11. The van der Waals surface area contributed by atoms with Crippen LogP contribution in [0.1, 0.15) is 0 Å². The van der Waals surface area contributed by atoms with Gasteiger partial charge in [0.25, 0.3) is 0 Å². The molecule has 0 unspecified atom stereocenters. The van der Waals surface area contributed by atoms with Crippen molar-refractivity contribution in [2.24, 2.45) is 0 Å². The number of morpholine rings is 1. The number of pyridine rings is 1. The van der Waals surface area contributed by atoms with E-state index in [-0.39, 0.29) is 5.69 Å². The summed E-state index contributed by atoms with van der Waals surface area (Å²) in [6, 6.07) is 1.91. The molecule has 84 valence electrons. The molecular formula is C10H12N4O2. The van der Waals surface area contributed by atoms with Gasteiger partial charge in [-0.2, -0.15) is 0 Å². The monoisotopic (exact) mass is 220 g/mol. The molecule has 6 heteroatoms. The summed E-state index contributed by atoms with van der Waals surface area (Å²) in [4.78, 5) is 23.0. The van der Waals surface area contributed by atoms with E-state index in [2.05, 4.69) is 19.9 Å². The first kappa shape index (κ1) is 9.41. The second-order valence-electron chi connectivity index (χ2n) is 3.73. The van der Waals surface area contributed by atoms with Crippen LogP contribution in [0, 0.1) is 0 Å². The normalized spacial score (nSPS) is 16.9. The van der Waals surface area contributed by atoms with Gasteiger partial charge in [-0.15, -0.1) is 0 Å². The Hall–Kier alpha value is -1.82. The summed E-state index contributed by atoms with van der Waals surface area (Å²) in [6.07, 6.45) is 1.71. The zero-order valence-corrected chi connectivity index (χ0v) is 8.69. The highest BCUT2D eigenvalue weighted by Gasteiger charge is 2.15. The Morgan fingerprint density at radius 3 is 2.94 bits per heavy atom. The molecule has 0 aromatic carbocycles. The van der Waals surface area contributed by atoms with E-state index in [9.17, 15) is 4.79 Å². The first-order valence-electron chi connectivity index (χ1n) is 5.24. The maximum atomic E-state index is 11.2. The first-order valence-corrected chi connectivity index (χ1v) is 5.24. The molecule has 0 aliphatic carbocycles. The van der Waals surface area contributed by atoms with Gasteiger partial charge < -0.3 is 14.6 Å². The summed E-state index contributed by atoms with van der Waals surface area (Å²) < 4.78 is 5.30. The van der Waals surface area contributed by atoms with Gasteiger partial charge in [-0.05, 0) is 6.07 Å². The lowest BCUT2D eigenvalue weighted by atomic mass is 10.3. The fourth-order valence-electron chi connectivity index (χ4n) is 1.99. The highest BCUT2D eigenvalue weighted by molar-refractivity contribution is 5.85. The lowest BCUT2D eigenvalue weighted by Crippen LogP contribution is -2.36. The molecule has 3 rings (SSSR count). The lowest BCUT2D eigenvalue weighted by Gasteiger charge is -2.28. The number of H-pyrrole nitrogens is 2. The minimum atomic E-state index is -0.219. The number of imidazole rings is 1. The van der Waals surface area contributed by atoms with Crippen LogP contribution in [-0.4, -0.2) is 41.3 Å². The van der Waals surface area contributed by atoms with Gasteiger partial charge in [0.15, 0.2) is 5.65 Å². The number of fused-ring (bicyclic) bond motifs is 1. The molecule has 16 heavy (non-hydrogen) atoms. The fourth-order valence-corrected chi connectivity index (χ4v) is 1.99. The van der Waals surface area contributed by atoms with E-state index in [0.717, 1.165) is 37.5 Å². The highest BCUT2D eigenvalue weighted by Crippen LogP contribution is 2.22. The molecule has 1 saturated heterocycles. The Bertz CT molecular complexity index is 553. The summed E-state index contributed by atoms with van der Waals surface area (Å²) in [5.74, 6) is 0. The molecule has 2 aromatic rings. The van der Waals surface area contributed by atoms with Crippen LogP contribution in [0.25, 0.3) is 11.2 Å². The Morgan fingerprint density at radius 1 is 1.31 bits per heavy atom. The van der Waals surface area contributed by atoms with Crippen molar-refractivity contribution in [2.45, 2.75) is 0 Å². The number of hydrogen-bond acceptors (Lipinski definition) is 4. The third-order valence-corrected chi connectivity index (χ3v) is 2.75. The van der Waals surface area contributed by atoms with Crippen LogP contribution in [0.4, 0.5) is 5.69 Å². The Labute approximate surface area is 91.3 Å². The van der Waals surface area contributed by atoms with Crippen LogP contribution in [0.3, 0.4) is 0 Å². The first-order chi connectivity index (χ1) is 7.84. The number of aromatic nitrogens is 3. The van der Waals surface area contributed by atoms with Crippen molar-refractivity contribution in [3.63, 3.8) is 0 Å². The fraction of sp³-hybridized carbons (Fsp3) is 0.400. The minimum absolute atomic E-state index is 0.219. The van der Waals surface area contributed by atoms with Crippen LogP contribution < -0.4 is 10.6 Å². The van der Waals surface area contributed by atoms with Crippen LogP contribution in [0.15, 0.2) is 17.1 Å². The molecule has 6 nitrogen and oxygen atoms in total. The highest BCUT2D eigenvalue weighted by atomic mass is 16.5. The largest absolute Gasteiger partial charge is 0.378 e. The average Bonchev–Trinajstić information content (AvgIpc) is 2.70. The minimum Gasteiger partial charge on any atom is -0.378 e. The van der Waals surface area contributed by atoms with Crippen molar-refractivity contribution in [2.75, 3.05) is 31.2 Å². The lowest BCUT2D eigenvalue weighted by molar-refractivity contribution is 0.123. The van der Waals surface area contributed by atoms with E-state index in [1.54, 1.807) is 6.20 Å². The zero-order chi connectivity index (χ0) is 11.0. The molecule has 0 saturated carbocycles. The zero-order valence-electron chi connectivity index (χ0n) is 8.69. The quantitative estimate of drug-likeness (QED) is 0.714. The molecule has 2 aromatic heterocycles. The third kappa shape index (κ3) is 1.47. The molecule has 1 aliphatic rings. The van der Waals surface area contributed by atoms with Crippen LogP contribution in [0.5, 0.6) is 0 Å². The summed E-state index contributed by atoms with van der Waals surface area (Å²) >= 11 is 0. The van der Waals surface area contributed by atoms with Gasteiger partial charge in [-0.25, -0.2) is 9.78 Å². The molecule has 3 heterocycles. The SMILES string of the molecule is O=c1[nH]c2nccc(N3CCOCC3)c2[nH]1. The topological polar surface area (TPSA) is 74.0 Å². The summed E-state index contributed by atoms with van der Waals surface area (Å²) in [6.45, 7) is 3.12. The van der Waals surface area contributed by atoms with Gasteiger partial charge in [0.2, 0.25) is 0 Å². The molecule has 0 bridgehead atoms. The number of anilines is 1. The molecule has 1 aliphatic heterocycles. The number of nitrogens with zero attached hydrogens (tertiary/aromatic N) is 2. The van der Waals surface area contributed by atoms with Crippen molar-refractivity contribution >= 4 is 16.9 Å². The van der Waals surface area contributed by atoms with Crippen LogP contribution in [-0.2, 0) is 4.74 Å². The van der Waals surface area contributed by atoms with E-state index in [0.29, 0.717) is 5.65 Å². The standard InChI is InChI=1S/C10H12N4O2/c15-10-12-8-7(1-2-11-9(8)13-10)14-3-5-16-6-4-14/h1-2H,3-6H2,(H2,11,12,13,15). The molecule has 0 amide bonds. The van der Waals surface area contributed by atoms with Crippen LogP contribution >= 0.6 is 0 Å². The third-order valence-electron chi connectivity index (χ3n) is 2.75. The van der Waals surface area contributed by atoms with E-state index < -0.39 is 0 Å². The second-order valence-corrected chi connectivity index (χ2v) is 3.73. The molecule has 1 fully saturated rings. The van der Waals surface area contributed by atoms with Crippen molar-refractivity contribution < 1.29 is 4.74 Å². The predicted molar refractivity (Wildman–Crippen MR) is 59.7 cm³/mol. The van der Waals surface area contributed by atoms with Crippen LogP contribution in [0.2, 0.25) is 0 Å². The Morgan fingerprint density at radius 2 is 2.12 bits per heavy atom. The average molecular weight is 220 g/mol. The Kier molecular flexibility index (Phi) is 2.14. The van der Waals surface area contributed by atoms with Crippen molar-refractivity contribution in [1.29, 1.82) is 0 Å². The molecule has 2 N–H and O–H groups in total. The van der Waals surface area contributed by atoms with Gasteiger partial charge >= 0.3 is 5.69 Å². The molecule has 0 spiro atoms. The number of rotatable bonds is 1. The van der Waals surface area contributed by atoms with Gasteiger partial charge in [-0.1, -0.05) is 0 Å². The molecule has 0 atom stereocenters. The molecular weight excluding hydrogens is 208 g/mol. The maximum absolute atomic E-state index is 11.2. The second kappa shape index (κ2) is 3.64. The van der Waals surface area contributed by atoms with Gasteiger partial charge in [0.05, 0.1) is 18.9 Å². The van der Waals surface area contributed by atoms with E-state index in [4.69, 9.17) is 4.74 Å². The van der Waals surface area contributed by atoms with Gasteiger partial charge in [-0.3, -0.25) is 4.98 Å². The number of ether oxygens (including phenoxy) is 1. The number of nitrogens with one attached hydrogen (secondary N) is 2. The predicted octanol–water partition coefficient (Wildman–Crippen LogP) is 0.0878. The summed E-state index contributed by atoms with van der Waals surface area (Å²) in [7, 11) is 0. The number of hydrogen-bond donors (Lipinski definition) is 2. The molecule has 0 radical (unpaired) electrons. The van der Waals surface area contributed by atoms with E-state index in [1.807, 2.05) is 6.07 Å². The van der Waals surface area contributed by atoms with Gasteiger partial charge in [0.1, 0.15) is 5.52 Å². The summed E-state index contributed by atoms with van der Waals surface area (Å²) in [5, 5.41) is 0. The van der Waals surface area contributed by atoms with E-state index >= 15 is 0 Å². The van der Waals surface area contributed by atoms with Crippen molar-refractivity contribution in [3.05, 3.63) is 22.7 Å². The maximum Gasteiger partial charge on any atom is 0.325 e. The number of aromatic amines is 2. The van der Waals surface area contributed by atoms with Crippen molar-refractivity contribution in [1.82, 2.24) is 15.0 Å². The van der Waals surface area contributed by atoms with E-state index in [1.165, 1.54) is 0 Å².